The van der Waals surface area contributed by atoms with E-state index in [4.69, 9.17) is 4.52 Å². The van der Waals surface area contributed by atoms with Gasteiger partial charge >= 0.3 is 0 Å². The molecule has 2 heterocycles. The summed E-state index contributed by atoms with van der Waals surface area (Å²) < 4.78 is 5.02. The quantitative estimate of drug-likeness (QED) is 0.895. The number of carbonyl (C=O) groups is 1. The van der Waals surface area contributed by atoms with Crippen LogP contribution in [-0.4, -0.2) is 21.3 Å². The van der Waals surface area contributed by atoms with Crippen molar-refractivity contribution < 1.29 is 9.32 Å². The number of nitrogens with zero attached hydrogens (tertiary/aromatic N) is 2. The number of aromatic nitrogens is 3. The normalized spacial score (nSPS) is 15.7. The van der Waals surface area contributed by atoms with E-state index in [9.17, 15) is 4.79 Å². The van der Waals surface area contributed by atoms with Gasteiger partial charge in [0.2, 0.25) is 5.91 Å². The molecule has 6 nitrogen and oxygen atoms in total. The summed E-state index contributed by atoms with van der Waals surface area (Å²) in [7, 11) is 0. The van der Waals surface area contributed by atoms with E-state index in [0.29, 0.717) is 17.5 Å². The number of H-pyrrole nitrogens is 1. The molecule has 105 valence electrons. The van der Waals surface area contributed by atoms with Crippen molar-refractivity contribution in [1.29, 1.82) is 0 Å². The first-order valence-corrected chi connectivity index (χ1v) is 6.80. The second-order valence-corrected chi connectivity index (χ2v) is 5.17. The van der Waals surface area contributed by atoms with Gasteiger partial charge in [-0.2, -0.15) is 5.10 Å². The molecule has 0 aliphatic heterocycles. The van der Waals surface area contributed by atoms with Gasteiger partial charge in [-0.25, -0.2) is 0 Å². The number of carbonyl (C=O) groups excluding carboxylic acids is 1. The molecule has 1 aliphatic carbocycles. The summed E-state index contributed by atoms with van der Waals surface area (Å²) in [6, 6.07) is 3.66. The average molecular weight is 273 g/mol. The lowest BCUT2D eigenvalue weighted by molar-refractivity contribution is -0.115. The Balaban J connectivity index is 1.58. The predicted molar refractivity (Wildman–Crippen MR) is 73.1 cm³/mol. The Morgan fingerprint density at radius 2 is 2.45 bits per heavy atom. The number of amides is 1. The summed E-state index contributed by atoms with van der Waals surface area (Å²) in [5, 5.41) is 13.6. The van der Waals surface area contributed by atoms with Crippen LogP contribution in [-0.2, 0) is 11.2 Å². The predicted octanol–water partition coefficient (Wildman–Crippen LogP) is 2.36. The molecule has 1 saturated carbocycles. The molecule has 1 fully saturated rings. The fourth-order valence-corrected chi connectivity index (χ4v) is 2.49. The molecule has 0 saturated heterocycles. The molecule has 0 aromatic carbocycles. The molecule has 3 rings (SSSR count). The molecule has 2 aromatic rings. The molecule has 20 heavy (non-hydrogen) atoms. The fourth-order valence-electron chi connectivity index (χ4n) is 2.49. The number of aromatic amines is 1. The Labute approximate surface area is 116 Å². The third-order valence-corrected chi connectivity index (χ3v) is 3.49. The second kappa shape index (κ2) is 5.48. The third-order valence-electron chi connectivity index (χ3n) is 3.49. The van der Waals surface area contributed by atoms with Crippen LogP contribution in [0.5, 0.6) is 0 Å². The van der Waals surface area contributed by atoms with Crippen LogP contribution in [0.15, 0.2) is 16.7 Å². The second-order valence-electron chi connectivity index (χ2n) is 5.17. The van der Waals surface area contributed by atoms with E-state index in [2.05, 4.69) is 27.1 Å². The maximum absolute atomic E-state index is 11.9. The minimum absolute atomic E-state index is 0.155. The molecule has 1 radical (unpaired) electrons. The van der Waals surface area contributed by atoms with Crippen molar-refractivity contribution in [2.75, 3.05) is 5.32 Å². The lowest BCUT2D eigenvalue weighted by Gasteiger charge is -2.03. The molecule has 0 spiro atoms. The Kier molecular flexibility index (Phi) is 3.54. The summed E-state index contributed by atoms with van der Waals surface area (Å²) in [5.74, 6) is 1.47. The summed E-state index contributed by atoms with van der Waals surface area (Å²) >= 11 is 0. The Hall–Kier alpha value is -2.11. The highest BCUT2D eigenvalue weighted by molar-refractivity contribution is 5.91. The van der Waals surface area contributed by atoms with Crippen molar-refractivity contribution in [3.8, 4) is 0 Å². The van der Waals surface area contributed by atoms with Crippen molar-refractivity contribution in [3.05, 3.63) is 35.7 Å². The van der Waals surface area contributed by atoms with E-state index in [1.165, 1.54) is 0 Å². The van der Waals surface area contributed by atoms with Crippen LogP contribution in [0.3, 0.4) is 0 Å². The Morgan fingerprint density at radius 3 is 3.15 bits per heavy atom. The SMILES string of the molecule is Cc1cc(CC(=O)Nc2cc([C@H]3C[CH]CC3)[nH]n2)on1. The highest BCUT2D eigenvalue weighted by atomic mass is 16.5. The van der Waals surface area contributed by atoms with Crippen LogP contribution < -0.4 is 5.32 Å². The zero-order chi connectivity index (χ0) is 13.9. The lowest BCUT2D eigenvalue weighted by atomic mass is 10.0. The molecule has 2 aromatic heterocycles. The van der Waals surface area contributed by atoms with E-state index in [1.807, 2.05) is 13.0 Å². The van der Waals surface area contributed by atoms with Gasteiger partial charge < -0.3 is 9.84 Å². The van der Waals surface area contributed by atoms with Crippen molar-refractivity contribution >= 4 is 11.7 Å². The largest absolute Gasteiger partial charge is 0.361 e. The molecule has 6 heteroatoms. The van der Waals surface area contributed by atoms with Crippen LogP contribution in [0.25, 0.3) is 0 Å². The topological polar surface area (TPSA) is 83.8 Å². The number of hydrogen-bond donors (Lipinski definition) is 2. The minimum atomic E-state index is -0.155. The van der Waals surface area contributed by atoms with Crippen molar-refractivity contribution in [2.45, 2.75) is 38.5 Å². The first-order chi connectivity index (χ1) is 9.70. The van der Waals surface area contributed by atoms with Crippen LogP contribution in [0.2, 0.25) is 0 Å². The van der Waals surface area contributed by atoms with Gasteiger partial charge in [0, 0.05) is 23.7 Å². The fraction of sp³-hybridized carbons (Fsp3) is 0.429. The van der Waals surface area contributed by atoms with Crippen molar-refractivity contribution in [2.24, 2.45) is 0 Å². The summed E-state index contributed by atoms with van der Waals surface area (Å²) in [6.45, 7) is 1.82. The highest BCUT2D eigenvalue weighted by Crippen LogP contribution is 2.32. The highest BCUT2D eigenvalue weighted by Gasteiger charge is 2.19. The number of anilines is 1. The van der Waals surface area contributed by atoms with Gasteiger partial charge in [-0.15, -0.1) is 0 Å². The van der Waals surface area contributed by atoms with Crippen LogP contribution >= 0.6 is 0 Å². The van der Waals surface area contributed by atoms with Crippen LogP contribution in [0, 0.1) is 13.3 Å². The molecule has 1 amide bonds. The zero-order valence-corrected chi connectivity index (χ0v) is 11.3. The lowest BCUT2D eigenvalue weighted by Crippen LogP contribution is -2.14. The van der Waals surface area contributed by atoms with Gasteiger partial charge in [0.15, 0.2) is 5.82 Å². The number of aryl methyl sites for hydroxylation is 1. The van der Waals surface area contributed by atoms with E-state index >= 15 is 0 Å². The molecule has 0 bridgehead atoms. The monoisotopic (exact) mass is 273 g/mol. The van der Waals surface area contributed by atoms with Crippen molar-refractivity contribution in [3.63, 3.8) is 0 Å². The van der Waals surface area contributed by atoms with E-state index in [0.717, 1.165) is 30.7 Å². The zero-order valence-electron chi connectivity index (χ0n) is 11.3. The van der Waals surface area contributed by atoms with Crippen molar-refractivity contribution in [1.82, 2.24) is 15.4 Å². The molecular formula is C14H17N4O2. The molecule has 1 atom stereocenters. The van der Waals surface area contributed by atoms with E-state index in [-0.39, 0.29) is 12.3 Å². The van der Waals surface area contributed by atoms with Gasteiger partial charge in [-0.05, 0) is 32.6 Å². The number of rotatable bonds is 4. The summed E-state index contributed by atoms with van der Waals surface area (Å²) in [4.78, 5) is 11.9. The van der Waals surface area contributed by atoms with E-state index in [1.54, 1.807) is 6.07 Å². The average Bonchev–Trinajstić information content (AvgIpc) is 3.10. The smallest absolute Gasteiger partial charge is 0.233 e. The summed E-state index contributed by atoms with van der Waals surface area (Å²) in [6.07, 6.45) is 5.83. The minimum Gasteiger partial charge on any atom is -0.361 e. The first-order valence-electron chi connectivity index (χ1n) is 6.80. The van der Waals surface area contributed by atoms with Gasteiger partial charge in [0.25, 0.3) is 0 Å². The van der Waals surface area contributed by atoms with Gasteiger partial charge in [0.1, 0.15) is 5.76 Å². The third kappa shape index (κ3) is 2.89. The van der Waals surface area contributed by atoms with Gasteiger partial charge in [-0.1, -0.05) is 5.16 Å². The first kappa shape index (κ1) is 12.9. The van der Waals surface area contributed by atoms with Crippen LogP contribution in [0.4, 0.5) is 5.82 Å². The Bertz CT molecular complexity index is 596. The maximum Gasteiger partial charge on any atom is 0.233 e. The van der Waals surface area contributed by atoms with Crippen LogP contribution in [0.1, 0.15) is 42.3 Å². The molecule has 2 N–H and O–H groups in total. The molecular weight excluding hydrogens is 256 g/mol. The molecule has 0 unspecified atom stereocenters. The van der Waals surface area contributed by atoms with Gasteiger partial charge in [0.05, 0.1) is 12.1 Å². The number of hydrogen-bond acceptors (Lipinski definition) is 4. The van der Waals surface area contributed by atoms with Gasteiger partial charge in [-0.3, -0.25) is 9.89 Å². The number of nitrogens with one attached hydrogen (secondary N) is 2. The molecule has 1 aliphatic rings. The van der Waals surface area contributed by atoms with E-state index < -0.39 is 0 Å². The summed E-state index contributed by atoms with van der Waals surface area (Å²) in [5.41, 5.74) is 1.86. The standard InChI is InChI=1S/C14H17N4O2/c1-9-6-11(20-18-9)7-14(19)15-13-8-12(16-17-13)10-4-2-3-5-10/h2,6,8,10H,3-5,7H2,1H3,(H2,15,16,17,19)/t10-/m0/s1. The Morgan fingerprint density at radius 1 is 1.55 bits per heavy atom. The maximum atomic E-state index is 11.9.